The smallest absolute Gasteiger partial charge is 0.172 e. The molecule has 20 heavy (non-hydrogen) atoms. The zero-order valence-electron chi connectivity index (χ0n) is 11.9. The predicted octanol–water partition coefficient (Wildman–Crippen LogP) is 1.96. The van der Waals surface area contributed by atoms with E-state index in [2.05, 4.69) is 29.1 Å². The summed E-state index contributed by atoms with van der Waals surface area (Å²) in [7, 11) is 4.19. The summed E-state index contributed by atoms with van der Waals surface area (Å²) in [6.07, 6.45) is 2.30. The van der Waals surface area contributed by atoms with Crippen molar-refractivity contribution in [3.05, 3.63) is 28.8 Å². The van der Waals surface area contributed by atoms with Crippen LogP contribution in [0.4, 0.5) is 5.69 Å². The molecule has 0 amide bonds. The van der Waals surface area contributed by atoms with Gasteiger partial charge >= 0.3 is 0 Å². The number of amidine groups is 1. The SMILES string of the molecule is CN(C)C1CCCN(c2cc(Cl)ccc2C(N)=NO)C1. The molecule has 1 fully saturated rings. The highest BCUT2D eigenvalue weighted by Gasteiger charge is 2.24. The van der Waals surface area contributed by atoms with Crippen molar-refractivity contribution >= 4 is 23.1 Å². The van der Waals surface area contributed by atoms with Crippen LogP contribution in [0, 0.1) is 0 Å². The summed E-state index contributed by atoms with van der Waals surface area (Å²) >= 11 is 6.10. The molecule has 1 atom stereocenters. The summed E-state index contributed by atoms with van der Waals surface area (Å²) in [5.74, 6) is 0.114. The highest BCUT2D eigenvalue weighted by atomic mass is 35.5. The molecule has 1 unspecified atom stereocenters. The van der Waals surface area contributed by atoms with Crippen LogP contribution in [-0.4, -0.2) is 49.2 Å². The van der Waals surface area contributed by atoms with Crippen molar-refractivity contribution in [1.82, 2.24) is 4.90 Å². The molecule has 1 aromatic rings. The molecule has 1 aromatic carbocycles. The van der Waals surface area contributed by atoms with Gasteiger partial charge in [-0.05, 0) is 45.1 Å². The van der Waals surface area contributed by atoms with Gasteiger partial charge < -0.3 is 20.7 Å². The molecule has 0 spiro atoms. The number of benzene rings is 1. The lowest BCUT2D eigenvalue weighted by atomic mass is 10.0. The molecular formula is C14H21ClN4O. The molecular weight excluding hydrogens is 276 g/mol. The molecule has 0 aliphatic carbocycles. The van der Waals surface area contributed by atoms with E-state index < -0.39 is 0 Å². The Bertz CT molecular complexity index is 504. The highest BCUT2D eigenvalue weighted by molar-refractivity contribution is 6.31. The Labute approximate surface area is 124 Å². The van der Waals surface area contributed by atoms with Crippen molar-refractivity contribution in [2.75, 3.05) is 32.1 Å². The number of nitrogens with zero attached hydrogens (tertiary/aromatic N) is 3. The van der Waals surface area contributed by atoms with Gasteiger partial charge in [-0.3, -0.25) is 0 Å². The summed E-state index contributed by atoms with van der Waals surface area (Å²) in [5.41, 5.74) is 7.41. The Morgan fingerprint density at radius 2 is 2.25 bits per heavy atom. The standard InChI is InChI=1S/C14H21ClN4O/c1-18(2)11-4-3-7-19(9-11)13-8-10(15)5-6-12(13)14(16)17-20/h5-6,8,11,20H,3-4,7,9H2,1-2H3,(H2,16,17). The monoisotopic (exact) mass is 296 g/mol. The molecule has 0 saturated carbocycles. The Hall–Kier alpha value is -1.46. The number of anilines is 1. The molecule has 110 valence electrons. The van der Waals surface area contributed by atoms with Gasteiger partial charge in [-0.25, -0.2) is 0 Å². The fourth-order valence-electron chi connectivity index (χ4n) is 2.63. The highest BCUT2D eigenvalue weighted by Crippen LogP contribution is 2.28. The van der Waals surface area contributed by atoms with Crippen LogP contribution in [0.5, 0.6) is 0 Å². The topological polar surface area (TPSA) is 65.1 Å². The van der Waals surface area contributed by atoms with E-state index in [1.807, 2.05) is 6.07 Å². The third-order valence-corrected chi connectivity index (χ3v) is 4.05. The number of likely N-dealkylation sites (N-methyl/N-ethyl adjacent to an activating group) is 1. The van der Waals surface area contributed by atoms with Crippen molar-refractivity contribution in [3.8, 4) is 0 Å². The second kappa shape index (κ2) is 6.33. The first-order chi connectivity index (χ1) is 9.52. The first-order valence-corrected chi connectivity index (χ1v) is 7.09. The maximum absolute atomic E-state index is 8.92. The van der Waals surface area contributed by atoms with E-state index in [0.29, 0.717) is 11.1 Å². The van der Waals surface area contributed by atoms with Gasteiger partial charge in [0.1, 0.15) is 0 Å². The van der Waals surface area contributed by atoms with Gasteiger partial charge in [0.15, 0.2) is 5.84 Å². The van der Waals surface area contributed by atoms with E-state index in [1.165, 1.54) is 6.42 Å². The largest absolute Gasteiger partial charge is 0.409 e. The number of oxime groups is 1. The summed E-state index contributed by atoms with van der Waals surface area (Å²) in [5, 5.41) is 12.7. The van der Waals surface area contributed by atoms with Gasteiger partial charge in [0.05, 0.1) is 0 Å². The maximum Gasteiger partial charge on any atom is 0.172 e. The summed E-state index contributed by atoms with van der Waals surface area (Å²) in [4.78, 5) is 4.49. The first-order valence-electron chi connectivity index (χ1n) is 6.71. The van der Waals surface area contributed by atoms with Crippen LogP contribution in [0.15, 0.2) is 23.4 Å². The number of halogens is 1. The lowest BCUT2D eigenvalue weighted by molar-refractivity contribution is 0.258. The van der Waals surface area contributed by atoms with Gasteiger partial charge in [0, 0.05) is 35.4 Å². The number of rotatable bonds is 3. The Kier molecular flexibility index (Phi) is 4.73. The summed E-state index contributed by atoms with van der Waals surface area (Å²) < 4.78 is 0. The van der Waals surface area contributed by atoms with Crippen molar-refractivity contribution in [2.24, 2.45) is 10.9 Å². The van der Waals surface area contributed by atoms with Gasteiger partial charge in [0.25, 0.3) is 0 Å². The molecule has 0 bridgehead atoms. The average molecular weight is 297 g/mol. The van der Waals surface area contributed by atoms with Crippen molar-refractivity contribution in [2.45, 2.75) is 18.9 Å². The van der Waals surface area contributed by atoms with Gasteiger partial charge in [-0.2, -0.15) is 0 Å². The molecule has 6 heteroatoms. The number of hydrogen-bond acceptors (Lipinski definition) is 4. The van der Waals surface area contributed by atoms with Gasteiger partial charge in [-0.15, -0.1) is 0 Å². The zero-order chi connectivity index (χ0) is 14.7. The van der Waals surface area contributed by atoms with E-state index in [1.54, 1.807) is 12.1 Å². The molecule has 5 nitrogen and oxygen atoms in total. The minimum absolute atomic E-state index is 0.114. The van der Waals surface area contributed by atoms with Crippen LogP contribution in [0.1, 0.15) is 18.4 Å². The molecule has 1 saturated heterocycles. The average Bonchev–Trinajstić information content (AvgIpc) is 2.46. The molecule has 0 radical (unpaired) electrons. The molecule has 2 rings (SSSR count). The van der Waals surface area contributed by atoms with Crippen molar-refractivity contribution in [3.63, 3.8) is 0 Å². The van der Waals surface area contributed by atoms with E-state index >= 15 is 0 Å². The number of hydrogen-bond donors (Lipinski definition) is 2. The maximum atomic E-state index is 8.92. The molecule has 3 N–H and O–H groups in total. The second-order valence-electron chi connectivity index (χ2n) is 5.35. The van der Waals surface area contributed by atoms with Crippen LogP contribution < -0.4 is 10.6 Å². The Morgan fingerprint density at radius 3 is 2.90 bits per heavy atom. The minimum Gasteiger partial charge on any atom is -0.409 e. The number of piperidine rings is 1. The van der Waals surface area contributed by atoms with E-state index in [4.69, 9.17) is 22.5 Å². The fraction of sp³-hybridized carbons (Fsp3) is 0.500. The van der Waals surface area contributed by atoms with E-state index in [-0.39, 0.29) is 5.84 Å². The Balaban J connectivity index is 2.33. The third kappa shape index (κ3) is 3.16. The molecule has 1 heterocycles. The van der Waals surface area contributed by atoms with Crippen LogP contribution in [0.2, 0.25) is 5.02 Å². The van der Waals surface area contributed by atoms with Crippen LogP contribution >= 0.6 is 11.6 Å². The van der Waals surface area contributed by atoms with Crippen molar-refractivity contribution < 1.29 is 5.21 Å². The minimum atomic E-state index is 0.114. The molecule has 0 aromatic heterocycles. The Morgan fingerprint density at radius 1 is 1.50 bits per heavy atom. The molecule has 1 aliphatic rings. The lowest BCUT2D eigenvalue weighted by Gasteiger charge is -2.38. The van der Waals surface area contributed by atoms with Crippen LogP contribution in [0.3, 0.4) is 0 Å². The van der Waals surface area contributed by atoms with Crippen LogP contribution in [-0.2, 0) is 0 Å². The quantitative estimate of drug-likeness (QED) is 0.387. The summed E-state index contributed by atoms with van der Waals surface area (Å²) in [6, 6.07) is 5.94. The first kappa shape index (κ1) is 14.9. The molecule has 1 aliphatic heterocycles. The van der Waals surface area contributed by atoms with E-state index in [9.17, 15) is 0 Å². The second-order valence-corrected chi connectivity index (χ2v) is 5.79. The van der Waals surface area contributed by atoms with Crippen molar-refractivity contribution in [1.29, 1.82) is 0 Å². The lowest BCUT2D eigenvalue weighted by Crippen LogP contribution is -2.45. The number of nitrogens with two attached hydrogens (primary N) is 1. The normalized spacial score (nSPS) is 20.5. The third-order valence-electron chi connectivity index (χ3n) is 3.81. The summed E-state index contributed by atoms with van der Waals surface area (Å²) in [6.45, 7) is 1.87. The zero-order valence-corrected chi connectivity index (χ0v) is 12.6. The van der Waals surface area contributed by atoms with E-state index in [0.717, 1.165) is 30.8 Å². The van der Waals surface area contributed by atoms with Gasteiger partial charge in [0.2, 0.25) is 0 Å². The fourth-order valence-corrected chi connectivity index (χ4v) is 2.80. The van der Waals surface area contributed by atoms with Crippen LogP contribution in [0.25, 0.3) is 0 Å². The van der Waals surface area contributed by atoms with Gasteiger partial charge in [-0.1, -0.05) is 16.8 Å². The predicted molar refractivity (Wildman–Crippen MR) is 82.9 cm³/mol.